The highest BCUT2D eigenvalue weighted by Gasteiger charge is 2.27. The smallest absolute Gasteiger partial charge is 0.315 e. The van der Waals surface area contributed by atoms with Gasteiger partial charge in [0.1, 0.15) is 0 Å². The van der Waals surface area contributed by atoms with Crippen LogP contribution in [0.4, 0.5) is 8.78 Å². The van der Waals surface area contributed by atoms with E-state index in [2.05, 4.69) is 5.32 Å². The summed E-state index contributed by atoms with van der Waals surface area (Å²) in [4.78, 5) is 10.6. The van der Waals surface area contributed by atoms with Gasteiger partial charge < -0.3 is 10.4 Å². The number of aliphatic hydroxyl groups is 1. The highest BCUT2D eigenvalue weighted by atomic mass is 19.3. The van der Waals surface area contributed by atoms with Crippen LogP contribution in [-0.2, 0) is 4.79 Å². The largest absolute Gasteiger partial charge is 0.391 e. The predicted molar refractivity (Wildman–Crippen MR) is 42.4 cm³/mol. The third-order valence-electron chi connectivity index (χ3n) is 2.26. The molecule has 2 atom stereocenters. The Morgan fingerprint density at radius 1 is 1.38 bits per heavy atom. The Morgan fingerprint density at radius 2 is 2.00 bits per heavy atom. The number of amides is 1. The topological polar surface area (TPSA) is 49.3 Å². The molecule has 1 amide bonds. The molecule has 0 bridgehead atoms. The van der Waals surface area contributed by atoms with Crippen molar-refractivity contribution in [1.29, 1.82) is 0 Å². The molecule has 1 aliphatic rings. The van der Waals surface area contributed by atoms with Crippen molar-refractivity contribution in [2.45, 2.75) is 44.3 Å². The maximum absolute atomic E-state index is 11.8. The lowest BCUT2D eigenvalue weighted by atomic mass is 9.92. The minimum Gasteiger partial charge on any atom is -0.391 e. The molecule has 13 heavy (non-hydrogen) atoms. The number of carbonyl (C=O) groups excluding carboxylic acids is 1. The van der Waals surface area contributed by atoms with Crippen LogP contribution in [0.3, 0.4) is 0 Å². The standard InChI is InChI=1S/C8H13F2NO2/c9-7(10)8(13)11-5-3-1-2-4-6(5)12/h5-7,12H,1-4H2,(H,11,13)/t5-,6-/m0/s1. The summed E-state index contributed by atoms with van der Waals surface area (Å²) in [7, 11) is 0. The van der Waals surface area contributed by atoms with E-state index >= 15 is 0 Å². The lowest BCUT2D eigenvalue weighted by Gasteiger charge is -2.28. The molecule has 0 aromatic heterocycles. The average Bonchev–Trinajstić information content (AvgIpc) is 2.08. The van der Waals surface area contributed by atoms with Gasteiger partial charge >= 0.3 is 6.43 Å². The summed E-state index contributed by atoms with van der Waals surface area (Å²) in [6.07, 6.45) is -0.744. The molecule has 1 fully saturated rings. The van der Waals surface area contributed by atoms with Crippen LogP contribution in [0.1, 0.15) is 25.7 Å². The van der Waals surface area contributed by atoms with Gasteiger partial charge in [-0.25, -0.2) is 0 Å². The molecule has 0 aromatic carbocycles. The minimum atomic E-state index is -2.99. The van der Waals surface area contributed by atoms with Crippen LogP contribution in [-0.4, -0.2) is 29.6 Å². The van der Waals surface area contributed by atoms with Gasteiger partial charge in [0.2, 0.25) is 0 Å². The van der Waals surface area contributed by atoms with Crippen molar-refractivity contribution < 1.29 is 18.7 Å². The van der Waals surface area contributed by atoms with Crippen LogP contribution in [0.15, 0.2) is 0 Å². The first-order valence-electron chi connectivity index (χ1n) is 4.38. The Kier molecular flexibility index (Phi) is 3.59. The third kappa shape index (κ3) is 2.91. The predicted octanol–water partition coefficient (Wildman–Crippen LogP) is 0.671. The van der Waals surface area contributed by atoms with E-state index in [1.165, 1.54) is 0 Å². The Morgan fingerprint density at radius 3 is 2.54 bits per heavy atom. The van der Waals surface area contributed by atoms with E-state index in [1.54, 1.807) is 0 Å². The fourth-order valence-corrected chi connectivity index (χ4v) is 1.53. The molecular weight excluding hydrogens is 180 g/mol. The van der Waals surface area contributed by atoms with Gasteiger partial charge in [-0.05, 0) is 12.8 Å². The molecule has 76 valence electrons. The molecule has 1 aliphatic carbocycles. The molecule has 1 rings (SSSR count). The summed E-state index contributed by atoms with van der Waals surface area (Å²) < 4.78 is 23.6. The lowest BCUT2D eigenvalue weighted by molar-refractivity contribution is -0.133. The number of halogens is 2. The Balaban J connectivity index is 2.38. The molecule has 0 aromatic rings. The second kappa shape index (κ2) is 4.50. The number of aliphatic hydroxyl groups excluding tert-OH is 1. The maximum Gasteiger partial charge on any atom is 0.315 e. The van der Waals surface area contributed by atoms with E-state index < -0.39 is 24.5 Å². The molecule has 0 radical (unpaired) electrons. The fraction of sp³-hybridized carbons (Fsp3) is 0.875. The Labute approximate surface area is 75.1 Å². The molecular formula is C8H13F2NO2. The van der Waals surface area contributed by atoms with Gasteiger partial charge in [0, 0.05) is 0 Å². The van der Waals surface area contributed by atoms with E-state index in [4.69, 9.17) is 0 Å². The van der Waals surface area contributed by atoms with Crippen molar-refractivity contribution >= 4 is 5.91 Å². The van der Waals surface area contributed by atoms with Crippen LogP contribution in [0.25, 0.3) is 0 Å². The van der Waals surface area contributed by atoms with E-state index in [-0.39, 0.29) is 0 Å². The highest BCUT2D eigenvalue weighted by Crippen LogP contribution is 2.18. The van der Waals surface area contributed by atoms with Crippen molar-refractivity contribution in [3.05, 3.63) is 0 Å². The van der Waals surface area contributed by atoms with Crippen LogP contribution in [0, 0.1) is 0 Å². The Hall–Kier alpha value is -0.710. The normalized spacial score (nSPS) is 28.9. The summed E-state index contributed by atoms with van der Waals surface area (Å²) in [5.41, 5.74) is 0. The van der Waals surface area contributed by atoms with Gasteiger partial charge in [0.05, 0.1) is 12.1 Å². The number of rotatable bonds is 2. The summed E-state index contributed by atoms with van der Waals surface area (Å²) in [5.74, 6) is -1.29. The summed E-state index contributed by atoms with van der Waals surface area (Å²) in [5, 5.41) is 11.5. The first kappa shape index (κ1) is 10.4. The van der Waals surface area contributed by atoms with Crippen LogP contribution in [0.5, 0.6) is 0 Å². The molecule has 2 N–H and O–H groups in total. The van der Waals surface area contributed by atoms with Crippen molar-refractivity contribution in [2.24, 2.45) is 0 Å². The maximum atomic E-state index is 11.8. The second-order valence-corrected chi connectivity index (χ2v) is 3.27. The van der Waals surface area contributed by atoms with Gasteiger partial charge in [-0.1, -0.05) is 12.8 Å². The van der Waals surface area contributed by atoms with E-state index in [9.17, 15) is 18.7 Å². The molecule has 0 unspecified atom stereocenters. The zero-order valence-corrected chi connectivity index (χ0v) is 7.17. The zero-order chi connectivity index (χ0) is 9.84. The molecule has 0 saturated heterocycles. The molecule has 5 heteroatoms. The summed E-state index contributed by atoms with van der Waals surface area (Å²) in [6, 6.07) is -0.491. The molecule has 3 nitrogen and oxygen atoms in total. The van der Waals surface area contributed by atoms with Crippen molar-refractivity contribution in [3.63, 3.8) is 0 Å². The van der Waals surface area contributed by atoms with Crippen molar-refractivity contribution in [2.75, 3.05) is 0 Å². The average molecular weight is 193 g/mol. The number of nitrogens with one attached hydrogen (secondary N) is 1. The number of carbonyl (C=O) groups is 1. The Bertz CT molecular complexity index is 187. The van der Waals surface area contributed by atoms with Crippen LogP contribution >= 0.6 is 0 Å². The molecule has 0 spiro atoms. The first-order valence-corrected chi connectivity index (χ1v) is 4.38. The number of hydrogen-bond acceptors (Lipinski definition) is 2. The first-order chi connectivity index (χ1) is 6.11. The quantitative estimate of drug-likeness (QED) is 0.677. The number of alkyl halides is 2. The van der Waals surface area contributed by atoms with Gasteiger partial charge in [-0.15, -0.1) is 0 Å². The van der Waals surface area contributed by atoms with E-state index in [1.807, 2.05) is 0 Å². The van der Waals surface area contributed by atoms with Gasteiger partial charge in [-0.3, -0.25) is 4.79 Å². The molecule has 1 saturated carbocycles. The van der Waals surface area contributed by atoms with Crippen molar-refractivity contribution in [3.8, 4) is 0 Å². The lowest BCUT2D eigenvalue weighted by Crippen LogP contribution is -2.47. The third-order valence-corrected chi connectivity index (χ3v) is 2.26. The monoisotopic (exact) mass is 193 g/mol. The SMILES string of the molecule is O=C(N[C@H]1CCCC[C@@H]1O)C(F)F. The summed E-state index contributed by atoms with van der Waals surface area (Å²) in [6.45, 7) is 0. The second-order valence-electron chi connectivity index (χ2n) is 3.27. The molecule has 0 aliphatic heterocycles. The highest BCUT2D eigenvalue weighted by molar-refractivity contribution is 5.79. The fourth-order valence-electron chi connectivity index (χ4n) is 1.53. The van der Waals surface area contributed by atoms with E-state index in [0.29, 0.717) is 12.8 Å². The minimum absolute atomic E-state index is 0.491. The van der Waals surface area contributed by atoms with Crippen molar-refractivity contribution in [1.82, 2.24) is 5.32 Å². The van der Waals surface area contributed by atoms with E-state index in [0.717, 1.165) is 12.8 Å². The van der Waals surface area contributed by atoms with Crippen LogP contribution < -0.4 is 5.32 Å². The van der Waals surface area contributed by atoms with Gasteiger partial charge in [0.25, 0.3) is 5.91 Å². The zero-order valence-electron chi connectivity index (χ0n) is 7.17. The van der Waals surface area contributed by atoms with Gasteiger partial charge in [0.15, 0.2) is 0 Å². The van der Waals surface area contributed by atoms with Crippen LogP contribution in [0.2, 0.25) is 0 Å². The van der Waals surface area contributed by atoms with Gasteiger partial charge in [-0.2, -0.15) is 8.78 Å². The molecule has 0 heterocycles. The summed E-state index contributed by atoms with van der Waals surface area (Å²) >= 11 is 0. The number of hydrogen-bond donors (Lipinski definition) is 2.